The van der Waals surface area contributed by atoms with Crippen LogP contribution in [-0.4, -0.2) is 38.1 Å². The summed E-state index contributed by atoms with van der Waals surface area (Å²) in [4.78, 5) is 9.62. The largest absolute Gasteiger partial charge is 0.497 e. The van der Waals surface area contributed by atoms with Gasteiger partial charge in [-0.05, 0) is 35.4 Å². The fraction of sp³-hybridized carbons (Fsp3) is 0.391. The molecule has 0 fully saturated rings. The molecule has 1 atom stereocenters. The van der Waals surface area contributed by atoms with Gasteiger partial charge in [-0.1, -0.05) is 51.6 Å². The van der Waals surface area contributed by atoms with E-state index in [-0.39, 0.29) is 74.8 Å². The van der Waals surface area contributed by atoms with Gasteiger partial charge in [0.2, 0.25) is 0 Å². The topological polar surface area (TPSA) is 57.2 Å². The first-order valence-corrected chi connectivity index (χ1v) is 8.88. The number of aliphatic hydroxyl groups excluding tert-OH is 1. The van der Waals surface area contributed by atoms with E-state index in [9.17, 15) is 5.11 Å². The van der Waals surface area contributed by atoms with Crippen molar-refractivity contribution in [3.05, 3.63) is 72.3 Å². The van der Waals surface area contributed by atoms with Crippen LogP contribution in [0.15, 0.2) is 61.2 Å². The molecule has 2 aromatic carbocycles. The van der Waals surface area contributed by atoms with E-state index in [0.717, 1.165) is 5.75 Å². The molecule has 0 radical (unpaired) electrons. The van der Waals surface area contributed by atoms with Gasteiger partial charge in [-0.3, -0.25) is 0 Å². The van der Waals surface area contributed by atoms with Crippen molar-refractivity contribution in [1.29, 1.82) is 0 Å². The van der Waals surface area contributed by atoms with Crippen LogP contribution in [0, 0.1) is 0 Å². The molecule has 0 aliphatic heterocycles. The van der Waals surface area contributed by atoms with Gasteiger partial charge in [0.05, 0.1) is 7.11 Å². The molecule has 0 amide bonds. The first-order chi connectivity index (χ1) is 13.0. The van der Waals surface area contributed by atoms with Crippen molar-refractivity contribution < 1.29 is 66.5 Å². The average Bonchev–Trinajstić information content (AvgIpc) is 2.70. The van der Waals surface area contributed by atoms with Crippen molar-refractivity contribution in [1.82, 2.24) is 0 Å². The van der Waals surface area contributed by atoms with Gasteiger partial charge in [0.25, 0.3) is 0 Å². The number of benzene rings is 2. The molecule has 166 valence electrons. The van der Waals surface area contributed by atoms with Crippen molar-refractivity contribution >= 4 is 0 Å². The second-order valence-electron chi connectivity index (χ2n) is 6.70. The van der Waals surface area contributed by atoms with Crippen LogP contribution in [0.3, 0.4) is 0 Å². The fourth-order valence-corrected chi connectivity index (χ4v) is 2.61. The smallest absolute Gasteiger partial charge is 0.119 e. The zero-order chi connectivity index (χ0) is 19.7. The summed E-state index contributed by atoms with van der Waals surface area (Å²) in [7, 11) is 1.66. The number of aliphatic hydroxyl groups is 1. The van der Waals surface area contributed by atoms with Crippen LogP contribution >= 0.6 is 0 Å². The summed E-state index contributed by atoms with van der Waals surface area (Å²) in [5, 5.41) is 9.82. The normalized spacial score (nSPS) is 11.2. The Morgan fingerprint density at radius 1 is 0.900 bits per heavy atom. The SMILES string of the molecule is C.C=CCOOCC(O)COc1ccc(C(C)(C)c2ccc(OC)cc2)cc1.[W].[W]. The second-order valence-corrected chi connectivity index (χ2v) is 6.70. The van der Waals surface area contributed by atoms with Crippen molar-refractivity contribution in [2.75, 3.05) is 26.9 Å². The fourth-order valence-electron chi connectivity index (χ4n) is 2.61. The molecular formula is C23H32O5W2. The maximum Gasteiger partial charge on any atom is 0.119 e. The molecule has 0 aromatic heterocycles. The van der Waals surface area contributed by atoms with Crippen LogP contribution in [0.2, 0.25) is 0 Å². The molecule has 2 aromatic rings. The molecule has 0 aliphatic rings. The molecule has 1 N–H and O–H groups in total. The minimum atomic E-state index is -0.773. The Morgan fingerprint density at radius 2 is 1.40 bits per heavy atom. The number of hydrogen-bond acceptors (Lipinski definition) is 5. The van der Waals surface area contributed by atoms with Gasteiger partial charge in [-0.2, -0.15) is 0 Å². The zero-order valence-electron chi connectivity index (χ0n) is 17.0. The monoisotopic (exact) mass is 756 g/mol. The molecule has 0 bridgehead atoms. The Hall–Kier alpha value is -0.963. The van der Waals surface area contributed by atoms with E-state index in [1.165, 1.54) is 11.1 Å². The van der Waals surface area contributed by atoms with Crippen LogP contribution in [0.1, 0.15) is 32.4 Å². The van der Waals surface area contributed by atoms with E-state index in [4.69, 9.17) is 19.2 Å². The molecular weight excluding hydrogens is 724 g/mol. The van der Waals surface area contributed by atoms with E-state index in [1.54, 1.807) is 13.2 Å². The van der Waals surface area contributed by atoms with Gasteiger partial charge >= 0.3 is 0 Å². The van der Waals surface area contributed by atoms with Crippen LogP contribution in [-0.2, 0) is 57.3 Å². The van der Waals surface area contributed by atoms with E-state index in [0.29, 0.717) is 5.75 Å². The molecule has 0 heterocycles. The summed E-state index contributed by atoms with van der Waals surface area (Å²) < 4.78 is 10.8. The van der Waals surface area contributed by atoms with Crippen LogP contribution in [0.5, 0.6) is 11.5 Å². The summed E-state index contributed by atoms with van der Waals surface area (Å²) in [6.45, 7) is 8.30. The van der Waals surface area contributed by atoms with Crippen LogP contribution in [0.4, 0.5) is 0 Å². The van der Waals surface area contributed by atoms with E-state index < -0.39 is 6.10 Å². The van der Waals surface area contributed by atoms with Crippen molar-refractivity contribution in [3.8, 4) is 11.5 Å². The number of rotatable bonds is 11. The van der Waals surface area contributed by atoms with E-state index >= 15 is 0 Å². The van der Waals surface area contributed by atoms with Crippen molar-refractivity contribution in [3.63, 3.8) is 0 Å². The quantitative estimate of drug-likeness (QED) is 0.158. The molecule has 5 nitrogen and oxygen atoms in total. The Labute approximate surface area is 209 Å². The minimum absolute atomic E-state index is 0. The van der Waals surface area contributed by atoms with Gasteiger partial charge in [0.1, 0.15) is 37.4 Å². The maximum atomic E-state index is 9.82. The third kappa shape index (κ3) is 9.45. The Bertz CT molecular complexity index is 703. The summed E-state index contributed by atoms with van der Waals surface area (Å²) in [6, 6.07) is 16.0. The van der Waals surface area contributed by atoms with Gasteiger partial charge in [-0.15, -0.1) is 6.58 Å². The van der Waals surface area contributed by atoms with E-state index in [2.05, 4.69) is 32.6 Å². The van der Waals surface area contributed by atoms with Gasteiger partial charge in [0, 0.05) is 47.5 Å². The number of hydrogen-bond donors (Lipinski definition) is 1. The average molecular weight is 756 g/mol. The predicted octanol–water partition coefficient (Wildman–Crippen LogP) is 4.53. The molecule has 1 unspecified atom stereocenters. The first-order valence-electron chi connectivity index (χ1n) is 8.88. The molecule has 30 heavy (non-hydrogen) atoms. The van der Waals surface area contributed by atoms with Gasteiger partial charge in [0.15, 0.2) is 0 Å². The van der Waals surface area contributed by atoms with Crippen LogP contribution in [0.25, 0.3) is 0 Å². The Morgan fingerprint density at radius 3 is 1.87 bits per heavy atom. The maximum absolute atomic E-state index is 9.82. The molecule has 0 aliphatic carbocycles. The Kier molecular flexibility index (Phi) is 16.4. The third-order valence-corrected chi connectivity index (χ3v) is 4.36. The van der Waals surface area contributed by atoms with E-state index in [1.807, 2.05) is 36.4 Å². The van der Waals surface area contributed by atoms with Crippen molar-refractivity contribution in [2.24, 2.45) is 0 Å². The summed E-state index contributed by atoms with van der Waals surface area (Å²) >= 11 is 0. The molecule has 7 heteroatoms. The zero-order valence-corrected chi connectivity index (χ0v) is 22.9. The van der Waals surface area contributed by atoms with Crippen LogP contribution < -0.4 is 9.47 Å². The second kappa shape index (κ2) is 15.8. The van der Waals surface area contributed by atoms with Gasteiger partial charge in [-0.25, -0.2) is 9.78 Å². The van der Waals surface area contributed by atoms with Gasteiger partial charge < -0.3 is 14.6 Å². The molecule has 0 saturated heterocycles. The molecule has 0 saturated carbocycles. The number of methoxy groups -OCH3 is 1. The summed E-state index contributed by atoms with van der Waals surface area (Å²) in [5.74, 6) is 1.53. The predicted molar refractivity (Wildman–Crippen MR) is 112 cm³/mol. The Balaban J connectivity index is 0. The summed E-state index contributed by atoms with van der Waals surface area (Å²) in [5.41, 5.74) is 2.21. The third-order valence-electron chi connectivity index (χ3n) is 4.36. The molecule has 0 spiro atoms. The molecule has 2 rings (SSSR count). The summed E-state index contributed by atoms with van der Waals surface area (Å²) in [6.07, 6.45) is 0.794. The number of ether oxygens (including phenoxy) is 2. The minimum Gasteiger partial charge on any atom is -0.497 e. The first kappa shape index (κ1) is 31.2. The van der Waals surface area contributed by atoms with Crippen molar-refractivity contribution in [2.45, 2.75) is 32.8 Å². The standard InChI is InChI=1S/C22H28O5.CH4.2W/c1-5-14-26-27-16-19(23)15-25-21-12-8-18(9-13-21)22(2,3)17-6-10-20(24-4)11-7-17;;;/h5-13,19,23H,1,14-16H2,2-4H3;1H4;;.